The molecule has 3 aromatic rings. The minimum Gasteiger partial charge on any atom is -0.618 e. The number of ether oxygens (including phenoxy) is 3. The van der Waals surface area contributed by atoms with Gasteiger partial charge in [-0.1, -0.05) is 0 Å². The van der Waals surface area contributed by atoms with Crippen molar-refractivity contribution in [1.82, 2.24) is 0 Å². The molecule has 0 atom stereocenters. The number of hydrogen-bond donors (Lipinski definition) is 2. The number of carbonyl (C=O) groups is 2. The number of hydrogen-bond acceptors (Lipinski definition) is 6. The van der Waals surface area contributed by atoms with Crippen LogP contribution in [0.4, 0.5) is 36.4 Å². The third kappa shape index (κ3) is 6.32. The van der Waals surface area contributed by atoms with Crippen LogP contribution in [0, 0.1) is 11.0 Å². The highest BCUT2D eigenvalue weighted by molar-refractivity contribution is 6.07. The normalized spacial score (nSPS) is 11.6. The van der Waals surface area contributed by atoms with Crippen LogP contribution in [0.15, 0.2) is 48.7 Å². The topological polar surface area (TPSA) is 127 Å². The number of methoxy groups -OCH3 is 1. The fourth-order valence-corrected chi connectivity index (χ4v) is 3.06. The van der Waals surface area contributed by atoms with Crippen molar-refractivity contribution in [2.75, 3.05) is 12.4 Å². The molecule has 2 amide bonds. The number of nitrogens with zero attached hydrogens (tertiary/aromatic N) is 1. The number of alkyl halides is 6. The molecule has 1 heterocycles. The summed E-state index contributed by atoms with van der Waals surface area (Å²) in [5, 5.41) is 13.6. The van der Waals surface area contributed by atoms with Crippen LogP contribution in [-0.2, 0) is 6.18 Å². The molecule has 0 fully saturated rings. The number of primary amides is 1. The largest absolute Gasteiger partial charge is 0.618 e. The summed E-state index contributed by atoms with van der Waals surface area (Å²) in [5.41, 5.74) is 0.979. The van der Waals surface area contributed by atoms with E-state index in [1.54, 1.807) is 0 Å². The molecule has 0 saturated carbocycles. The molecular formula is C22H14F7N3O6. The molecule has 0 spiro atoms. The first-order valence-corrected chi connectivity index (χ1v) is 9.96. The molecule has 9 nitrogen and oxygen atoms in total. The summed E-state index contributed by atoms with van der Waals surface area (Å²) in [4.78, 5) is 24.2. The van der Waals surface area contributed by atoms with E-state index in [0.29, 0.717) is 6.07 Å². The van der Waals surface area contributed by atoms with Gasteiger partial charge in [0.25, 0.3) is 11.6 Å². The van der Waals surface area contributed by atoms with E-state index in [1.165, 1.54) is 0 Å². The molecule has 2 aromatic carbocycles. The van der Waals surface area contributed by atoms with Gasteiger partial charge in [0.05, 0.1) is 18.4 Å². The fraction of sp³-hybridized carbons (Fsp3) is 0.136. The van der Waals surface area contributed by atoms with Crippen LogP contribution in [0.3, 0.4) is 0 Å². The Balaban J connectivity index is 2.06. The minimum absolute atomic E-state index is 0.0514. The lowest BCUT2D eigenvalue weighted by Gasteiger charge is -2.18. The Morgan fingerprint density at radius 3 is 2.21 bits per heavy atom. The first-order valence-electron chi connectivity index (χ1n) is 9.96. The highest BCUT2D eigenvalue weighted by Crippen LogP contribution is 2.40. The zero-order chi connectivity index (χ0) is 28.4. The number of rotatable bonds is 7. The molecule has 38 heavy (non-hydrogen) atoms. The van der Waals surface area contributed by atoms with Crippen LogP contribution < -0.4 is 30.0 Å². The molecular weight excluding hydrogens is 535 g/mol. The zero-order valence-electron chi connectivity index (χ0n) is 18.7. The number of nitrogens with two attached hydrogens (primary N) is 1. The highest BCUT2D eigenvalue weighted by Gasteiger charge is 2.38. The number of nitrogens with one attached hydrogen (secondary N) is 1. The number of anilines is 1. The van der Waals surface area contributed by atoms with Crippen LogP contribution >= 0.6 is 0 Å². The summed E-state index contributed by atoms with van der Waals surface area (Å²) in [7, 11) is 1.02. The Labute approximate surface area is 207 Å². The Bertz CT molecular complexity index is 1390. The van der Waals surface area contributed by atoms with E-state index in [4.69, 9.17) is 15.2 Å². The van der Waals surface area contributed by atoms with Gasteiger partial charge in [0, 0.05) is 18.2 Å². The molecule has 0 unspecified atom stereocenters. The van der Waals surface area contributed by atoms with E-state index >= 15 is 4.39 Å². The lowest BCUT2D eigenvalue weighted by atomic mass is 10.1. The molecule has 0 aliphatic rings. The van der Waals surface area contributed by atoms with Gasteiger partial charge in [-0.05, 0) is 24.3 Å². The lowest BCUT2D eigenvalue weighted by molar-refractivity contribution is -0.607. The average molecular weight is 549 g/mol. The SMILES string of the molecule is COc1cc(OC(F)(F)F)ccc1Oc1ccc(C(F)(F)F)c(F)c1C(=O)Nc1cc[n+]([O-])c(C(N)=O)c1. The minimum atomic E-state index is -5.23. The molecule has 16 heteroatoms. The summed E-state index contributed by atoms with van der Waals surface area (Å²) in [5.74, 6) is -7.10. The third-order valence-corrected chi connectivity index (χ3v) is 4.65. The van der Waals surface area contributed by atoms with E-state index in [9.17, 15) is 41.1 Å². The second-order valence-corrected chi connectivity index (χ2v) is 7.21. The summed E-state index contributed by atoms with van der Waals surface area (Å²) in [6.45, 7) is 0. The first kappa shape index (κ1) is 27.8. The maximum atomic E-state index is 15.0. The predicted octanol–water partition coefficient (Wildman–Crippen LogP) is 4.53. The van der Waals surface area contributed by atoms with Crippen molar-refractivity contribution in [2.24, 2.45) is 5.73 Å². The Kier molecular flexibility index (Phi) is 7.55. The lowest BCUT2D eigenvalue weighted by Crippen LogP contribution is -2.37. The molecule has 3 rings (SSSR count). The van der Waals surface area contributed by atoms with Crippen LogP contribution in [0.2, 0.25) is 0 Å². The number of halogens is 7. The molecule has 202 valence electrons. The van der Waals surface area contributed by atoms with E-state index in [2.05, 4.69) is 4.74 Å². The van der Waals surface area contributed by atoms with Crippen LogP contribution in [0.1, 0.15) is 26.4 Å². The zero-order valence-corrected chi connectivity index (χ0v) is 18.7. The van der Waals surface area contributed by atoms with Gasteiger partial charge in [-0.15, -0.1) is 13.2 Å². The summed E-state index contributed by atoms with van der Waals surface area (Å²) in [6.07, 6.45) is -9.52. The van der Waals surface area contributed by atoms with E-state index in [1.807, 2.05) is 5.32 Å². The van der Waals surface area contributed by atoms with Crippen molar-refractivity contribution >= 4 is 17.5 Å². The van der Waals surface area contributed by atoms with Gasteiger partial charge in [0.2, 0.25) is 0 Å². The smallest absolute Gasteiger partial charge is 0.573 e. The Hall–Kier alpha value is -4.76. The van der Waals surface area contributed by atoms with Gasteiger partial charge in [0.1, 0.15) is 17.1 Å². The van der Waals surface area contributed by atoms with Crippen molar-refractivity contribution in [2.45, 2.75) is 12.5 Å². The maximum absolute atomic E-state index is 15.0. The van der Waals surface area contributed by atoms with Crippen molar-refractivity contribution in [3.8, 4) is 23.0 Å². The number of pyridine rings is 1. The summed E-state index contributed by atoms with van der Waals surface area (Å²) < 4.78 is 107. The van der Waals surface area contributed by atoms with E-state index in [0.717, 1.165) is 43.6 Å². The van der Waals surface area contributed by atoms with Crippen molar-refractivity contribution < 1.29 is 59.3 Å². The second-order valence-electron chi connectivity index (χ2n) is 7.21. The number of carbonyl (C=O) groups excluding carboxylic acids is 2. The van der Waals surface area contributed by atoms with Gasteiger partial charge in [-0.25, -0.2) is 4.39 Å². The van der Waals surface area contributed by atoms with Gasteiger partial charge in [0.15, 0.2) is 23.5 Å². The quantitative estimate of drug-likeness (QED) is 0.253. The monoisotopic (exact) mass is 549 g/mol. The molecule has 0 radical (unpaired) electrons. The molecule has 0 bridgehead atoms. The molecule has 3 N–H and O–H groups in total. The van der Waals surface area contributed by atoms with Crippen LogP contribution in [0.5, 0.6) is 23.0 Å². The van der Waals surface area contributed by atoms with Gasteiger partial charge < -0.3 is 30.5 Å². The van der Waals surface area contributed by atoms with E-state index < -0.39 is 70.0 Å². The van der Waals surface area contributed by atoms with Crippen LogP contribution in [0.25, 0.3) is 0 Å². The Morgan fingerprint density at radius 1 is 0.974 bits per heavy atom. The molecule has 0 saturated heterocycles. The van der Waals surface area contributed by atoms with Crippen molar-refractivity contribution in [3.63, 3.8) is 0 Å². The number of benzene rings is 2. The number of aromatic nitrogens is 1. The highest BCUT2D eigenvalue weighted by atomic mass is 19.4. The van der Waals surface area contributed by atoms with Gasteiger partial charge in [-0.3, -0.25) is 9.59 Å². The van der Waals surface area contributed by atoms with Crippen molar-refractivity contribution in [3.05, 3.63) is 76.5 Å². The third-order valence-electron chi connectivity index (χ3n) is 4.65. The van der Waals surface area contributed by atoms with Gasteiger partial charge >= 0.3 is 18.4 Å². The summed E-state index contributed by atoms with van der Waals surface area (Å²) in [6, 6.07) is 5.01. The molecule has 0 aliphatic carbocycles. The Morgan fingerprint density at radius 2 is 1.63 bits per heavy atom. The van der Waals surface area contributed by atoms with Crippen molar-refractivity contribution in [1.29, 1.82) is 0 Å². The standard InChI is InChI=1S/C22H14F7N3O6/c1-36-16-9-11(38-22(27,28)29)2-4-14(16)37-15-5-3-12(21(24,25)26)18(23)17(15)20(34)31-10-6-7-32(35)13(8-10)19(30)33/h2-9H,1H3,(H2,30,33)(H,31,34). The summed E-state index contributed by atoms with van der Waals surface area (Å²) >= 11 is 0. The predicted molar refractivity (Wildman–Crippen MR) is 113 cm³/mol. The second kappa shape index (κ2) is 10.3. The van der Waals surface area contributed by atoms with Gasteiger partial charge in [-0.2, -0.15) is 17.9 Å². The number of amides is 2. The fourth-order valence-electron chi connectivity index (χ4n) is 3.06. The molecule has 1 aromatic heterocycles. The first-order chi connectivity index (χ1) is 17.6. The molecule has 0 aliphatic heterocycles. The van der Waals surface area contributed by atoms with E-state index in [-0.39, 0.29) is 16.5 Å². The maximum Gasteiger partial charge on any atom is 0.573 e. The van der Waals surface area contributed by atoms with Crippen LogP contribution in [-0.4, -0.2) is 25.3 Å². The average Bonchev–Trinajstić information content (AvgIpc) is 2.79.